The average Bonchev–Trinajstić information content (AvgIpc) is 2.39. The van der Waals surface area contributed by atoms with E-state index in [2.05, 4.69) is 10.4 Å². The van der Waals surface area contributed by atoms with Gasteiger partial charge in [-0.1, -0.05) is 18.5 Å². The molecule has 1 aromatic rings. The van der Waals surface area contributed by atoms with Crippen LogP contribution in [0.4, 0.5) is 5.69 Å². The highest BCUT2D eigenvalue weighted by molar-refractivity contribution is 6.32. The quantitative estimate of drug-likeness (QED) is 0.743. The molecule has 1 rings (SSSR count). The predicted octanol–water partition coefficient (Wildman–Crippen LogP) is 1.74. The van der Waals surface area contributed by atoms with Gasteiger partial charge in [-0.15, -0.1) is 0 Å². The van der Waals surface area contributed by atoms with E-state index in [0.29, 0.717) is 24.7 Å². The van der Waals surface area contributed by atoms with Gasteiger partial charge in [-0.3, -0.25) is 4.79 Å². The van der Waals surface area contributed by atoms with E-state index in [1.807, 2.05) is 13.8 Å². The minimum absolute atomic E-state index is 0.182. The Morgan fingerprint density at radius 3 is 2.94 bits per heavy atom. The van der Waals surface area contributed by atoms with Crippen molar-refractivity contribution in [3.8, 4) is 0 Å². The Hall–Kier alpha value is -1.07. The Morgan fingerprint density at radius 2 is 2.33 bits per heavy atom. The van der Waals surface area contributed by atoms with E-state index in [1.54, 1.807) is 6.20 Å². The van der Waals surface area contributed by atoms with Crippen molar-refractivity contribution in [2.45, 2.75) is 33.2 Å². The third-order valence-electron chi connectivity index (χ3n) is 2.79. The van der Waals surface area contributed by atoms with E-state index in [9.17, 15) is 4.79 Å². The summed E-state index contributed by atoms with van der Waals surface area (Å²) in [7, 11) is 0. The highest BCUT2D eigenvalue weighted by Crippen LogP contribution is 2.15. The smallest absolute Gasteiger partial charge is 0.287 e. The number of halogens is 1. The van der Waals surface area contributed by atoms with Gasteiger partial charge in [-0.2, -0.15) is 5.10 Å². The molecule has 0 saturated heterocycles. The van der Waals surface area contributed by atoms with Crippen LogP contribution in [0, 0.1) is 5.92 Å². The van der Waals surface area contributed by atoms with Crippen molar-refractivity contribution in [1.82, 2.24) is 9.78 Å². The molecule has 18 heavy (non-hydrogen) atoms. The standard InChI is InChI=1S/C12H20ClN3O2/c1-3-16-12(18)11(13)10(7-15-16)14-6-4-5-9(2)8-17/h7,9,14,17H,3-6,8H2,1-2H3. The number of aryl methyl sites for hydroxylation is 1. The number of aliphatic hydroxyl groups excluding tert-OH is 1. The monoisotopic (exact) mass is 273 g/mol. The van der Waals surface area contributed by atoms with Crippen LogP contribution in [0.15, 0.2) is 11.0 Å². The van der Waals surface area contributed by atoms with Crippen LogP contribution >= 0.6 is 11.6 Å². The number of hydrogen-bond donors (Lipinski definition) is 2. The van der Waals surface area contributed by atoms with Gasteiger partial charge in [0.25, 0.3) is 5.56 Å². The Labute approximate surface area is 112 Å². The van der Waals surface area contributed by atoms with E-state index in [-0.39, 0.29) is 17.2 Å². The maximum absolute atomic E-state index is 11.7. The molecule has 6 heteroatoms. The SMILES string of the molecule is CCn1ncc(NCCCC(C)CO)c(Cl)c1=O. The lowest BCUT2D eigenvalue weighted by molar-refractivity contribution is 0.229. The average molecular weight is 274 g/mol. The van der Waals surface area contributed by atoms with Gasteiger partial charge in [0.2, 0.25) is 0 Å². The number of aliphatic hydroxyl groups is 1. The minimum atomic E-state index is -0.270. The normalized spacial score (nSPS) is 12.4. The Balaban J connectivity index is 2.53. The largest absolute Gasteiger partial charge is 0.396 e. The minimum Gasteiger partial charge on any atom is -0.396 e. The number of hydrogen-bond acceptors (Lipinski definition) is 4. The van der Waals surface area contributed by atoms with Gasteiger partial charge in [0.15, 0.2) is 0 Å². The van der Waals surface area contributed by atoms with Gasteiger partial charge in [0.05, 0.1) is 11.9 Å². The highest BCUT2D eigenvalue weighted by Gasteiger charge is 2.07. The first-order chi connectivity index (χ1) is 8.60. The first-order valence-electron chi connectivity index (χ1n) is 6.20. The first kappa shape index (κ1) is 15.0. The Morgan fingerprint density at radius 1 is 1.61 bits per heavy atom. The summed E-state index contributed by atoms with van der Waals surface area (Å²) >= 11 is 5.97. The predicted molar refractivity (Wildman–Crippen MR) is 73.2 cm³/mol. The lowest BCUT2D eigenvalue weighted by Crippen LogP contribution is -2.23. The van der Waals surface area contributed by atoms with Crippen LogP contribution in [0.3, 0.4) is 0 Å². The van der Waals surface area contributed by atoms with Crippen LogP contribution in [0.2, 0.25) is 5.02 Å². The molecule has 0 bridgehead atoms. The molecule has 0 fully saturated rings. The second-order valence-electron chi connectivity index (χ2n) is 4.35. The van der Waals surface area contributed by atoms with Crippen molar-refractivity contribution in [3.63, 3.8) is 0 Å². The topological polar surface area (TPSA) is 67.2 Å². The lowest BCUT2D eigenvalue weighted by Gasteiger charge is -2.10. The van der Waals surface area contributed by atoms with E-state index in [0.717, 1.165) is 12.8 Å². The fraction of sp³-hybridized carbons (Fsp3) is 0.667. The van der Waals surface area contributed by atoms with Crippen molar-refractivity contribution in [2.75, 3.05) is 18.5 Å². The molecular weight excluding hydrogens is 254 g/mol. The molecule has 0 aliphatic carbocycles. The van der Waals surface area contributed by atoms with Gasteiger partial charge in [-0.05, 0) is 25.7 Å². The molecule has 1 unspecified atom stereocenters. The maximum Gasteiger partial charge on any atom is 0.287 e. The molecule has 0 radical (unpaired) electrons. The number of aromatic nitrogens is 2. The highest BCUT2D eigenvalue weighted by atomic mass is 35.5. The number of rotatable bonds is 7. The summed E-state index contributed by atoms with van der Waals surface area (Å²) in [4.78, 5) is 11.7. The van der Waals surface area contributed by atoms with Crippen LogP contribution in [0.25, 0.3) is 0 Å². The number of anilines is 1. The molecule has 0 aromatic carbocycles. The second kappa shape index (κ2) is 7.38. The molecule has 2 N–H and O–H groups in total. The summed E-state index contributed by atoms with van der Waals surface area (Å²) < 4.78 is 1.32. The van der Waals surface area contributed by atoms with Crippen LogP contribution in [0.1, 0.15) is 26.7 Å². The molecule has 0 spiro atoms. The zero-order valence-electron chi connectivity index (χ0n) is 10.8. The van der Waals surface area contributed by atoms with Gasteiger partial charge in [0, 0.05) is 19.7 Å². The maximum atomic E-state index is 11.7. The van der Waals surface area contributed by atoms with Gasteiger partial charge in [0.1, 0.15) is 5.02 Å². The lowest BCUT2D eigenvalue weighted by atomic mass is 10.1. The van der Waals surface area contributed by atoms with Crippen LogP contribution in [-0.4, -0.2) is 28.0 Å². The molecule has 0 amide bonds. The third kappa shape index (κ3) is 3.99. The van der Waals surface area contributed by atoms with Crippen molar-refractivity contribution < 1.29 is 5.11 Å². The Bertz CT molecular complexity index is 434. The van der Waals surface area contributed by atoms with Gasteiger partial charge < -0.3 is 10.4 Å². The molecule has 1 atom stereocenters. The van der Waals surface area contributed by atoms with Crippen LogP contribution in [-0.2, 0) is 6.54 Å². The molecular formula is C12H20ClN3O2. The zero-order valence-corrected chi connectivity index (χ0v) is 11.6. The summed E-state index contributed by atoms with van der Waals surface area (Å²) in [6.07, 6.45) is 3.41. The van der Waals surface area contributed by atoms with Crippen LogP contribution in [0.5, 0.6) is 0 Å². The summed E-state index contributed by atoms with van der Waals surface area (Å²) in [5.74, 6) is 0.300. The third-order valence-corrected chi connectivity index (χ3v) is 3.15. The zero-order chi connectivity index (χ0) is 13.5. The van der Waals surface area contributed by atoms with Crippen LogP contribution < -0.4 is 10.9 Å². The summed E-state index contributed by atoms with van der Waals surface area (Å²) in [6, 6.07) is 0. The molecule has 1 heterocycles. The fourth-order valence-electron chi connectivity index (χ4n) is 1.58. The van der Waals surface area contributed by atoms with E-state index >= 15 is 0 Å². The summed E-state index contributed by atoms with van der Waals surface area (Å²) in [5, 5.41) is 16.2. The van der Waals surface area contributed by atoms with E-state index < -0.39 is 0 Å². The second-order valence-corrected chi connectivity index (χ2v) is 4.73. The van der Waals surface area contributed by atoms with Crippen molar-refractivity contribution in [2.24, 2.45) is 5.92 Å². The molecule has 5 nitrogen and oxygen atoms in total. The number of nitrogens with one attached hydrogen (secondary N) is 1. The van der Waals surface area contributed by atoms with Gasteiger partial charge >= 0.3 is 0 Å². The summed E-state index contributed by atoms with van der Waals surface area (Å²) in [6.45, 7) is 5.26. The molecule has 102 valence electrons. The van der Waals surface area contributed by atoms with Crippen molar-refractivity contribution in [1.29, 1.82) is 0 Å². The first-order valence-corrected chi connectivity index (χ1v) is 6.58. The fourth-order valence-corrected chi connectivity index (χ4v) is 1.79. The Kier molecular flexibility index (Phi) is 6.15. The van der Waals surface area contributed by atoms with E-state index in [1.165, 1.54) is 4.68 Å². The van der Waals surface area contributed by atoms with E-state index in [4.69, 9.17) is 16.7 Å². The number of nitrogens with zero attached hydrogens (tertiary/aromatic N) is 2. The van der Waals surface area contributed by atoms with Crippen molar-refractivity contribution in [3.05, 3.63) is 21.6 Å². The molecule has 1 aromatic heterocycles. The molecule has 0 aliphatic heterocycles. The van der Waals surface area contributed by atoms with Gasteiger partial charge in [-0.25, -0.2) is 4.68 Å². The summed E-state index contributed by atoms with van der Waals surface area (Å²) in [5.41, 5.74) is 0.302. The molecule has 0 aliphatic rings. The van der Waals surface area contributed by atoms with Crippen molar-refractivity contribution >= 4 is 17.3 Å². The molecule has 0 saturated carbocycles.